The van der Waals surface area contributed by atoms with Gasteiger partial charge in [-0.1, -0.05) is 17.7 Å². The van der Waals surface area contributed by atoms with Crippen molar-refractivity contribution in [2.24, 2.45) is 0 Å². The smallest absolute Gasteiger partial charge is 0.290 e. The van der Waals surface area contributed by atoms with Gasteiger partial charge in [0.2, 0.25) is 14.9 Å². The topological polar surface area (TPSA) is 90.0 Å². The first-order valence-electron chi connectivity index (χ1n) is 10.2. The summed E-state index contributed by atoms with van der Waals surface area (Å²) in [5.41, 5.74) is 0.951. The Morgan fingerprint density at radius 3 is 2.45 bits per heavy atom. The van der Waals surface area contributed by atoms with Crippen LogP contribution in [0.15, 0.2) is 67.4 Å². The Kier molecular flexibility index (Phi) is 6.02. The first-order valence-corrected chi connectivity index (χ1v) is 11.7. The average molecular weight is 444 g/mol. The van der Waals surface area contributed by atoms with Gasteiger partial charge in [0, 0.05) is 13.2 Å². The molecule has 0 spiro atoms. The molecule has 4 rings (SSSR count). The van der Waals surface area contributed by atoms with Crippen molar-refractivity contribution < 1.29 is 26.8 Å². The Hall–Kier alpha value is -2.84. The first-order chi connectivity index (χ1) is 14.8. The zero-order valence-corrected chi connectivity index (χ0v) is 18.4. The number of aryl methyl sites for hydroxylation is 2. The lowest BCUT2D eigenvalue weighted by Gasteiger charge is -2.23. The van der Waals surface area contributed by atoms with E-state index in [-0.39, 0.29) is 28.4 Å². The molecule has 7 nitrogen and oxygen atoms in total. The average Bonchev–Trinajstić information content (AvgIpc) is 3.50. The second kappa shape index (κ2) is 8.72. The van der Waals surface area contributed by atoms with Crippen LogP contribution in [-0.4, -0.2) is 38.5 Å². The van der Waals surface area contributed by atoms with Gasteiger partial charge in [0.15, 0.2) is 5.76 Å². The van der Waals surface area contributed by atoms with Crippen molar-refractivity contribution in [1.82, 2.24) is 4.90 Å². The normalized spacial score (nSPS) is 16.5. The number of furan rings is 2. The monoisotopic (exact) mass is 443 g/mol. The maximum absolute atomic E-state index is 13.2. The van der Waals surface area contributed by atoms with Crippen LogP contribution in [-0.2, 0) is 21.1 Å². The highest BCUT2D eigenvalue weighted by molar-refractivity contribution is 7.91. The van der Waals surface area contributed by atoms with Crippen LogP contribution >= 0.6 is 0 Å². The predicted octanol–water partition coefficient (Wildman–Crippen LogP) is 4.14. The van der Waals surface area contributed by atoms with Gasteiger partial charge in [-0.25, -0.2) is 8.42 Å². The van der Waals surface area contributed by atoms with Crippen LogP contribution in [0.3, 0.4) is 0 Å². The summed E-state index contributed by atoms with van der Waals surface area (Å²) < 4.78 is 42.6. The maximum Gasteiger partial charge on any atom is 0.290 e. The molecule has 1 aliphatic rings. The van der Waals surface area contributed by atoms with E-state index in [0.717, 1.165) is 24.2 Å². The van der Waals surface area contributed by atoms with Crippen LogP contribution in [0.2, 0.25) is 0 Å². The minimum atomic E-state index is -3.85. The molecule has 1 atom stereocenters. The van der Waals surface area contributed by atoms with E-state index in [9.17, 15) is 13.2 Å². The lowest BCUT2D eigenvalue weighted by Crippen LogP contribution is -2.36. The van der Waals surface area contributed by atoms with Gasteiger partial charge in [0.25, 0.3) is 5.91 Å². The summed E-state index contributed by atoms with van der Waals surface area (Å²) in [6, 6.07) is 12.9. The van der Waals surface area contributed by atoms with E-state index in [1.807, 2.05) is 26.0 Å². The Balaban J connectivity index is 1.58. The molecule has 31 heavy (non-hydrogen) atoms. The fourth-order valence-corrected chi connectivity index (χ4v) is 4.75. The summed E-state index contributed by atoms with van der Waals surface area (Å²) in [7, 11) is -3.85. The van der Waals surface area contributed by atoms with Crippen molar-refractivity contribution in [2.45, 2.75) is 49.3 Å². The number of carbonyl (C=O) groups is 1. The van der Waals surface area contributed by atoms with E-state index in [1.54, 1.807) is 17.0 Å². The van der Waals surface area contributed by atoms with Gasteiger partial charge in [0.1, 0.15) is 11.5 Å². The number of sulfone groups is 1. The minimum Gasteiger partial charge on any atom is -0.464 e. The van der Waals surface area contributed by atoms with E-state index in [4.69, 9.17) is 13.6 Å². The third-order valence-electron chi connectivity index (χ3n) is 5.27. The van der Waals surface area contributed by atoms with Crippen LogP contribution in [0.4, 0.5) is 0 Å². The van der Waals surface area contributed by atoms with Gasteiger partial charge in [-0.2, -0.15) is 0 Å². The first kappa shape index (κ1) is 21.4. The molecule has 1 aliphatic heterocycles. The van der Waals surface area contributed by atoms with Crippen LogP contribution in [0.5, 0.6) is 0 Å². The van der Waals surface area contributed by atoms with Gasteiger partial charge in [-0.15, -0.1) is 0 Å². The zero-order chi connectivity index (χ0) is 22.0. The number of hydrogen-bond acceptors (Lipinski definition) is 6. The number of ether oxygens (including phenoxy) is 1. The van der Waals surface area contributed by atoms with Crippen LogP contribution in [0, 0.1) is 13.8 Å². The van der Waals surface area contributed by atoms with E-state index in [0.29, 0.717) is 18.9 Å². The van der Waals surface area contributed by atoms with E-state index >= 15 is 0 Å². The lowest BCUT2D eigenvalue weighted by atomic mass is 10.2. The van der Waals surface area contributed by atoms with Crippen molar-refractivity contribution in [3.63, 3.8) is 0 Å². The number of rotatable bonds is 7. The molecule has 1 amide bonds. The highest BCUT2D eigenvalue weighted by Gasteiger charge is 2.28. The van der Waals surface area contributed by atoms with Crippen molar-refractivity contribution in [3.8, 4) is 0 Å². The number of hydrogen-bond donors (Lipinski definition) is 0. The molecule has 0 radical (unpaired) electrons. The molecule has 0 N–H and O–H groups in total. The number of carbonyl (C=O) groups excluding carboxylic acids is 1. The van der Waals surface area contributed by atoms with Gasteiger partial charge in [0.05, 0.1) is 17.5 Å². The Labute approximate surface area is 181 Å². The van der Waals surface area contributed by atoms with Crippen molar-refractivity contribution in [2.75, 3.05) is 13.2 Å². The minimum absolute atomic E-state index is 0.0352. The Morgan fingerprint density at radius 2 is 1.81 bits per heavy atom. The molecule has 1 unspecified atom stereocenters. The summed E-state index contributed by atoms with van der Waals surface area (Å²) >= 11 is 0. The molecular weight excluding hydrogens is 418 g/mol. The number of amides is 1. The molecule has 3 aromatic rings. The molecule has 0 aliphatic carbocycles. The van der Waals surface area contributed by atoms with E-state index in [2.05, 4.69) is 0 Å². The van der Waals surface area contributed by atoms with Gasteiger partial charge < -0.3 is 18.5 Å². The summed E-state index contributed by atoms with van der Waals surface area (Å²) in [5.74, 6) is 0.953. The van der Waals surface area contributed by atoms with Crippen LogP contribution in [0.25, 0.3) is 0 Å². The predicted molar refractivity (Wildman–Crippen MR) is 112 cm³/mol. The molecular formula is C23H25NO6S. The summed E-state index contributed by atoms with van der Waals surface area (Å²) in [5, 5.41) is -0.259. The zero-order valence-electron chi connectivity index (χ0n) is 17.5. The van der Waals surface area contributed by atoms with Crippen molar-refractivity contribution in [1.29, 1.82) is 0 Å². The maximum atomic E-state index is 13.2. The molecule has 1 aromatic carbocycles. The molecule has 0 bridgehead atoms. The molecule has 164 valence electrons. The van der Waals surface area contributed by atoms with Gasteiger partial charge >= 0.3 is 0 Å². The molecule has 1 saturated heterocycles. The summed E-state index contributed by atoms with van der Waals surface area (Å²) in [6.07, 6.45) is 1.75. The summed E-state index contributed by atoms with van der Waals surface area (Å²) in [6.45, 7) is 5.01. The van der Waals surface area contributed by atoms with Crippen LogP contribution < -0.4 is 0 Å². The Bertz CT molecular complexity index is 1150. The standard InChI is InChI=1S/C23H25NO6S/c1-16-5-9-20(10-6-16)31(26,27)22-12-11-21(30-22)23(25)24(14-18-4-3-13-28-18)15-19-8-7-17(2)29-19/h5-12,18H,3-4,13-15H2,1-2H3. The largest absolute Gasteiger partial charge is 0.464 e. The van der Waals surface area contributed by atoms with E-state index in [1.165, 1.54) is 24.3 Å². The third kappa shape index (κ3) is 4.75. The van der Waals surface area contributed by atoms with Gasteiger partial charge in [-0.05, 0) is 63.1 Å². The van der Waals surface area contributed by atoms with Crippen molar-refractivity contribution >= 4 is 15.7 Å². The molecule has 3 heterocycles. The van der Waals surface area contributed by atoms with Crippen LogP contribution in [0.1, 0.15) is 40.5 Å². The fourth-order valence-electron chi connectivity index (χ4n) is 3.58. The lowest BCUT2D eigenvalue weighted by molar-refractivity contribution is 0.0463. The number of benzene rings is 1. The SMILES string of the molecule is Cc1ccc(S(=O)(=O)c2ccc(C(=O)N(Cc3ccc(C)o3)CC3CCCO3)o2)cc1. The second-order valence-corrected chi connectivity index (χ2v) is 9.65. The summed E-state index contributed by atoms with van der Waals surface area (Å²) in [4.78, 5) is 14.9. The van der Waals surface area contributed by atoms with E-state index < -0.39 is 15.7 Å². The van der Waals surface area contributed by atoms with Crippen molar-refractivity contribution in [3.05, 3.63) is 71.4 Å². The second-order valence-electron chi connectivity index (χ2n) is 7.77. The Morgan fingerprint density at radius 1 is 1.03 bits per heavy atom. The molecule has 2 aromatic heterocycles. The molecule has 1 fully saturated rings. The highest BCUT2D eigenvalue weighted by atomic mass is 32.2. The number of nitrogens with zero attached hydrogens (tertiary/aromatic N) is 1. The molecule has 0 saturated carbocycles. The quantitative estimate of drug-likeness (QED) is 0.545. The molecule has 8 heteroatoms. The third-order valence-corrected chi connectivity index (χ3v) is 6.91. The highest BCUT2D eigenvalue weighted by Crippen LogP contribution is 2.25. The fraction of sp³-hybridized carbons (Fsp3) is 0.348. The van der Waals surface area contributed by atoms with Gasteiger partial charge in [-0.3, -0.25) is 4.79 Å².